The fraction of sp³-hybridized carbons (Fsp3) is 0.400. The van der Waals surface area contributed by atoms with Gasteiger partial charge in [0.2, 0.25) is 0 Å². The first kappa shape index (κ1) is 15.5. The molecule has 0 aliphatic heterocycles. The Morgan fingerprint density at radius 1 is 1.40 bits per heavy atom. The van der Waals surface area contributed by atoms with Crippen molar-refractivity contribution in [3.05, 3.63) is 44.3 Å². The van der Waals surface area contributed by atoms with E-state index in [-0.39, 0.29) is 0 Å². The number of benzene rings is 1. The lowest BCUT2D eigenvalue weighted by molar-refractivity contribution is 0.302. The van der Waals surface area contributed by atoms with E-state index >= 15 is 0 Å². The quantitative estimate of drug-likeness (QED) is 0.839. The molecule has 0 radical (unpaired) electrons. The average Bonchev–Trinajstić information content (AvgIpc) is 2.88. The maximum Gasteiger partial charge on any atom is 0.127 e. The summed E-state index contributed by atoms with van der Waals surface area (Å²) < 4.78 is 7.09. The fourth-order valence-corrected chi connectivity index (χ4v) is 3.03. The Labute approximate surface area is 132 Å². The highest BCUT2D eigenvalue weighted by Gasteiger charge is 2.10. The van der Waals surface area contributed by atoms with Crippen LogP contribution >= 0.6 is 27.3 Å². The summed E-state index contributed by atoms with van der Waals surface area (Å²) in [5, 5.41) is 3.44. The van der Waals surface area contributed by atoms with Gasteiger partial charge in [-0.05, 0) is 24.6 Å². The largest absolute Gasteiger partial charge is 0.487 e. The van der Waals surface area contributed by atoms with Crippen LogP contribution < -0.4 is 10.1 Å². The maximum atomic E-state index is 6.01. The SMILES string of the molecule is Cc1cc(Br)cc(CNC(C)C)c1OCc1cncs1. The summed E-state index contributed by atoms with van der Waals surface area (Å²) in [4.78, 5) is 5.21. The number of aryl methyl sites for hydroxylation is 1. The second-order valence-corrected chi connectivity index (χ2v) is 6.89. The number of hydrogen-bond acceptors (Lipinski definition) is 4. The van der Waals surface area contributed by atoms with E-state index in [1.54, 1.807) is 11.3 Å². The molecule has 3 nitrogen and oxygen atoms in total. The molecule has 0 saturated carbocycles. The molecule has 2 rings (SSSR count). The molecule has 108 valence electrons. The standard InChI is InChI=1S/C15H19BrN2OS/c1-10(2)18-6-12-5-13(16)4-11(3)15(12)19-8-14-7-17-9-20-14/h4-5,7,9-10,18H,6,8H2,1-3H3. The molecule has 1 aromatic carbocycles. The molecule has 0 bridgehead atoms. The number of nitrogens with one attached hydrogen (secondary N) is 1. The van der Waals surface area contributed by atoms with E-state index < -0.39 is 0 Å². The van der Waals surface area contributed by atoms with E-state index in [0.717, 1.165) is 27.2 Å². The summed E-state index contributed by atoms with van der Waals surface area (Å²) in [5.41, 5.74) is 4.15. The Bertz CT molecular complexity index is 555. The van der Waals surface area contributed by atoms with Crippen LogP contribution in [0, 0.1) is 6.92 Å². The number of halogens is 1. The van der Waals surface area contributed by atoms with Crippen LogP contribution in [0.4, 0.5) is 0 Å². The van der Waals surface area contributed by atoms with E-state index in [2.05, 4.69) is 59.1 Å². The molecule has 0 saturated heterocycles. The van der Waals surface area contributed by atoms with Crippen molar-refractivity contribution in [1.82, 2.24) is 10.3 Å². The van der Waals surface area contributed by atoms with Crippen LogP contribution in [0.15, 0.2) is 28.3 Å². The smallest absolute Gasteiger partial charge is 0.127 e. The fourth-order valence-electron chi connectivity index (χ4n) is 1.91. The Morgan fingerprint density at radius 3 is 2.85 bits per heavy atom. The van der Waals surface area contributed by atoms with Crippen molar-refractivity contribution in [3.63, 3.8) is 0 Å². The van der Waals surface area contributed by atoms with Gasteiger partial charge >= 0.3 is 0 Å². The van der Waals surface area contributed by atoms with E-state index in [9.17, 15) is 0 Å². The van der Waals surface area contributed by atoms with Crippen molar-refractivity contribution in [2.24, 2.45) is 0 Å². The normalized spacial score (nSPS) is 11.1. The first-order valence-corrected chi connectivity index (χ1v) is 8.26. The Kier molecular flexibility index (Phi) is 5.57. The molecule has 1 aromatic heterocycles. The minimum atomic E-state index is 0.448. The van der Waals surface area contributed by atoms with Gasteiger partial charge in [0, 0.05) is 28.8 Å². The van der Waals surface area contributed by atoms with Gasteiger partial charge in [-0.3, -0.25) is 4.98 Å². The first-order valence-electron chi connectivity index (χ1n) is 6.59. The summed E-state index contributed by atoms with van der Waals surface area (Å²) in [6, 6.07) is 4.65. The van der Waals surface area contributed by atoms with Gasteiger partial charge < -0.3 is 10.1 Å². The van der Waals surface area contributed by atoms with Crippen LogP contribution in [0.3, 0.4) is 0 Å². The maximum absolute atomic E-state index is 6.01. The number of aromatic nitrogens is 1. The molecule has 0 spiro atoms. The molecule has 1 heterocycles. The highest BCUT2D eigenvalue weighted by molar-refractivity contribution is 9.10. The molecule has 0 atom stereocenters. The van der Waals surface area contributed by atoms with Gasteiger partial charge in [-0.2, -0.15) is 0 Å². The van der Waals surface area contributed by atoms with E-state index in [1.165, 1.54) is 5.56 Å². The monoisotopic (exact) mass is 354 g/mol. The zero-order valence-electron chi connectivity index (χ0n) is 11.9. The van der Waals surface area contributed by atoms with Crippen molar-refractivity contribution in [2.75, 3.05) is 0 Å². The molecule has 1 N–H and O–H groups in total. The van der Waals surface area contributed by atoms with Crippen molar-refractivity contribution in [2.45, 2.75) is 40.0 Å². The number of nitrogens with zero attached hydrogens (tertiary/aromatic N) is 1. The van der Waals surface area contributed by atoms with Crippen molar-refractivity contribution in [1.29, 1.82) is 0 Å². The van der Waals surface area contributed by atoms with Crippen LogP contribution in [0.25, 0.3) is 0 Å². The third-order valence-corrected chi connectivity index (χ3v) is 4.07. The van der Waals surface area contributed by atoms with Crippen LogP contribution in [-0.4, -0.2) is 11.0 Å². The first-order chi connectivity index (χ1) is 9.56. The lowest BCUT2D eigenvalue weighted by Gasteiger charge is -2.16. The number of rotatable bonds is 6. The van der Waals surface area contributed by atoms with Crippen molar-refractivity contribution >= 4 is 27.3 Å². The molecule has 5 heteroatoms. The number of thiazole rings is 1. The highest BCUT2D eigenvalue weighted by Crippen LogP contribution is 2.29. The minimum absolute atomic E-state index is 0.448. The predicted octanol–water partition coefficient (Wildman–Crippen LogP) is 4.29. The van der Waals surface area contributed by atoms with E-state index in [4.69, 9.17) is 4.74 Å². The average molecular weight is 355 g/mol. The van der Waals surface area contributed by atoms with Crippen LogP contribution in [-0.2, 0) is 13.2 Å². The van der Waals surface area contributed by atoms with Crippen molar-refractivity contribution < 1.29 is 4.74 Å². The molecule has 20 heavy (non-hydrogen) atoms. The van der Waals surface area contributed by atoms with Gasteiger partial charge in [0.05, 0.1) is 10.4 Å². The second-order valence-electron chi connectivity index (χ2n) is 5.00. The Balaban J connectivity index is 2.16. The number of hydrogen-bond donors (Lipinski definition) is 1. The molecule has 0 amide bonds. The minimum Gasteiger partial charge on any atom is -0.487 e. The van der Waals surface area contributed by atoms with Gasteiger partial charge in [-0.25, -0.2) is 0 Å². The third kappa shape index (κ3) is 4.30. The molecular formula is C15H19BrN2OS. The Morgan fingerprint density at radius 2 is 2.20 bits per heavy atom. The highest BCUT2D eigenvalue weighted by atomic mass is 79.9. The number of ether oxygens (including phenoxy) is 1. The topological polar surface area (TPSA) is 34.1 Å². The summed E-state index contributed by atoms with van der Waals surface area (Å²) in [7, 11) is 0. The van der Waals surface area contributed by atoms with Gasteiger partial charge in [-0.1, -0.05) is 29.8 Å². The predicted molar refractivity (Wildman–Crippen MR) is 87.3 cm³/mol. The summed E-state index contributed by atoms with van der Waals surface area (Å²) >= 11 is 5.17. The van der Waals surface area contributed by atoms with Gasteiger partial charge in [0.1, 0.15) is 12.4 Å². The zero-order chi connectivity index (χ0) is 14.5. The van der Waals surface area contributed by atoms with Crippen LogP contribution in [0.1, 0.15) is 29.9 Å². The van der Waals surface area contributed by atoms with Crippen LogP contribution in [0.2, 0.25) is 0 Å². The van der Waals surface area contributed by atoms with Gasteiger partial charge in [0.25, 0.3) is 0 Å². The van der Waals surface area contributed by atoms with E-state index in [1.807, 2.05) is 11.7 Å². The van der Waals surface area contributed by atoms with E-state index in [0.29, 0.717) is 12.6 Å². The van der Waals surface area contributed by atoms with Crippen LogP contribution in [0.5, 0.6) is 5.75 Å². The van der Waals surface area contributed by atoms with Gasteiger partial charge in [0.15, 0.2) is 0 Å². The molecular weight excluding hydrogens is 336 g/mol. The lowest BCUT2D eigenvalue weighted by Crippen LogP contribution is -2.22. The zero-order valence-corrected chi connectivity index (χ0v) is 14.3. The third-order valence-electron chi connectivity index (χ3n) is 2.86. The summed E-state index contributed by atoms with van der Waals surface area (Å²) in [6.45, 7) is 7.73. The second kappa shape index (κ2) is 7.20. The molecule has 0 aliphatic carbocycles. The lowest BCUT2D eigenvalue weighted by atomic mass is 10.1. The molecule has 0 fully saturated rings. The Hall–Kier alpha value is -0.910. The van der Waals surface area contributed by atoms with Crippen molar-refractivity contribution in [3.8, 4) is 5.75 Å². The summed E-state index contributed by atoms with van der Waals surface area (Å²) in [6.07, 6.45) is 1.85. The molecule has 2 aromatic rings. The molecule has 0 unspecified atom stereocenters. The summed E-state index contributed by atoms with van der Waals surface area (Å²) in [5.74, 6) is 0.967. The van der Waals surface area contributed by atoms with Gasteiger partial charge in [-0.15, -0.1) is 11.3 Å². The molecule has 0 aliphatic rings.